The van der Waals surface area contributed by atoms with E-state index in [9.17, 15) is 22.8 Å². The Labute approximate surface area is 142 Å². The molecule has 0 radical (unpaired) electrons. The van der Waals surface area contributed by atoms with Crippen LogP contribution in [0.3, 0.4) is 0 Å². The van der Waals surface area contributed by atoms with Crippen LogP contribution in [0.4, 0.5) is 18.9 Å². The second-order valence-corrected chi connectivity index (χ2v) is 5.75. The number of alkyl halides is 3. The van der Waals surface area contributed by atoms with Crippen molar-refractivity contribution >= 4 is 17.5 Å². The number of ether oxygens (including phenoxy) is 1. The third-order valence-electron chi connectivity index (χ3n) is 4.11. The average molecular weight is 354 g/mol. The van der Waals surface area contributed by atoms with Crippen molar-refractivity contribution in [3.05, 3.63) is 29.8 Å². The zero-order chi connectivity index (χ0) is 18.7. The number of primary amides is 1. The number of halogens is 3. The first-order valence-corrected chi connectivity index (χ1v) is 7.54. The molecule has 1 heterocycles. The first kappa shape index (κ1) is 18.8. The lowest BCUT2D eigenvalue weighted by Crippen LogP contribution is -2.62. The predicted octanol–water partition coefficient (Wildman–Crippen LogP) is 1.79. The van der Waals surface area contributed by atoms with E-state index in [-0.39, 0.29) is 37.3 Å². The molecule has 1 fully saturated rings. The summed E-state index contributed by atoms with van der Waals surface area (Å²) >= 11 is 0. The van der Waals surface area contributed by atoms with E-state index < -0.39 is 30.0 Å². The molecule has 25 heavy (non-hydrogen) atoms. The molecule has 0 atom stereocenters. The maximum atomic E-state index is 12.7. The summed E-state index contributed by atoms with van der Waals surface area (Å²) < 4.78 is 43.2. The summed E-state index contributed by atoms with van der Waals surface area (Å²) in [6.45, 7) is 0.360. The Hall–Kier alpha value is -2.53. The molecule has 1 aliphatic rings. The highest BCUT2D eigenvalue weighted by molar-refractivity contribution is 6.11. The molecule has 2 amide bonds. The molecule has 1 aromatic carbocycles. The molecule has 2 rings (SSSR count). The minimum atomic E-state index is -4.40. The molecule has 1 aliphatic heterocycles. The van der Waals surface area contributed by atoms with E-state index in [2.05, 4.69) is 0 Å². The topological polar surface area (TPSA) is 72.6 Å². The van der Waals surface area contributed by atoms with Gasteiger partial charge in [-0.15, -0.1) is 6.42 Å². The molecule has 0 spiro atoms. The van der Waals surface area contributed by atoms with Crippen LogP contribution in [0.5, 0.6) is 0 Å². The maximum Gasteiger partial charge on any atom is 0.393 e. The van der Waals surface area contributed by atoms with Crippen molar-refractivity contribution in [3.8, 4) is 12.3 Å². The molecule has 1 saturated heterocycles. The SMILES string of the molecule is C#CC(=O)N(c1cccc(CC(F)(F)F)c1)C1(C(N)=O)CCOCC1. The highest BCUT2D eigenvalue weighted by Crippen LogP contribution is 2.34. The summed E-state index contributed by atoms with van der Waals surface area (Å²) in [5.41, 5.74) is 4.16. The van der Waals surface area contributed by atoms with Gasteiger partial charge in [-0.2, -0.15) is 13.2 Å². The zero-order valence-electron chi connectivity index (χ0n) is 13.3. The Bertz CT molecular complexity index is 704. The molecule has 2 N–H and O–H groups in total. The van der Waals surface area contributed by atoms with E-state index in [0.29, 0.717) is 0 Å². The van der Waals surface area contributed by atoms with E-state index in [1.165, 1.54) is 24.3 Å². The highest BCUT2D eigenvalue weighted by Gasteiger charge is 2.47. The normalized spacial score (nSPS) is 16.7. The monoisotopic (exact) mass is 354 g/mol. The molecule has 0 saturated carbocycles. The quantitative estimate of drug-likeness (QED) is 0.838. The van der Waals surface area contributed by atoms with Gasteiger partial charge in [0.05, 0.1) is 6.42 Å². The molecule has 0 unspecified atom stereocenters. The number of terminal acetylenes is 1. The van der Waals surface area contributed by atoms with Crippen LogP contribution >= 0.6 is 0 Å². The Balaban J connectivity index is 2.51. The number of nitrogens with zero attached hydrogens (tertiary/aromatic N) is 1. The maximum absolute atomic E-state index is 12.7. The van der Waals surface area contributed by atoms with Crippen molar-refractivity contribution in [2.45, 2.75) is 31.0 Å². The van der Waals surface area contributed by atoms with Crippen LogP contribution in [0.25, 0.3) is 0 Å². The summed E-state index contributed by atoms with van der Waals surface area (Å²) in [6.07, 6.45) is -0.132. The number of rotatable bonds is 4. The lowest BCUT2D eigenvalue weighted by Gasteiger charge is -2.43. The zero-order valence-corrected chi connectivity index (χ0v) is 13.3. The van der Waals surface area contributed by atoms with Crippen molar-refractivity contribution in [2.75, 3.05) is 18.1 Å². The molecule has 5 nitrogen and oxygen atoms in total. The van der Waals surface area contributed by atoms with E-state index >= 15 is 0 Å². The number of carbonyl (C=O) groups excluding carboxylic acids is 2. The van der Waals surface area contributed by atoms with Gasteiger partial charge in [0.2, 0.25) is 5.91 Å². The summed E-state index contributed by atoms with van der Waals surface area (Å²) in [5.74, 6) is 0.304. The minimum absolute atomic E-state index is 0.0495. The molecule has 134 valence electrons. The lowest BCUT2D eigenvalue weighted by atomic mass is 9.86. The Morgan fingerprint density at radius 1 is 1.32 bits per heavy atom. The molecule has 0 bridgehead atoms. The van der Waals surface area contributed by atoms with E-state index in [1.807, 2.05) is 5.92 Å². The molecule has 0 aliphatic carbocycles. The van der Waals surface area contributed by atoms with Gasteiger partial charge in [0.25, 0.3) is 0 Å². The fourth-order valence-corrected chi connectivity index (χ4v) is 2.95. The first-order valence-electron chi connectivity index (χ1n) is 7.54. The third kappa shape index (κ3) is 4.12. The summed E-state index contributed by atoms with van der Waals surface area (Å²) in [5, 5.41) is 0. The van der Waals surface area contributed by atoms with Crippen LogP contribution in [0.2, 0.25) is 0 Å². The largest absolute Gasteiger partial charge is 0.393 e. The van der Waals surface area contributed by atoms with Crippen molar-refractivity contribution in [3.63, 3.8) is 0 Å². The Kier molecular flexibility index (Phi) is 5.38. The number of nitrogens with two attached hydrogens (primary N) is 1. The molecular formula is C17H17F3N2O3. The van der Waals surface area contributed by atoms with Gasteiger partial charge in [0, 0.05) is 31.7 Å². The fourth-order valence-electron chi connectivity index (χ4n) is 2.95. The van der Waals surface area contributed by atoms with Crippen molar-refractivity contribution < 1.29 is 27.5 Å². The van der Waals surface area contributed by atoms with Gasteiger partial charge in [-0.3, -0.25) is 14.5 Å². The number of carbonyl (C=O) groups is 2. The predicted molar refractivity (Wildman–Crippen MR) is 84.5 cm³/mol. The Morgan fingerprint density at radius 3 is 2.48 bits per heavy atom. The van der Waals surface area contributed by atoms with E-state index in [0.717, 1.165) is 4.90 Å². The highest BCUT2D eigenvalue weighted by atomic mass is 19.4. The van der Waals surface area contributed by atoms with E-state index in [1.54, 1.807) is 0 Å². The fraction of sp³-hybridized carbons (Fsp3) is 0.412. The molecular weight excluding hydrogens is 337 g/mol. The van der Waals surface area contributed by atoms with Crippen LogP contribution in [-0.4, -0.2) is 36.7 Å². The van der Waals surface area contributed by atoms with Gasteiger partial charge in [-0.1, -0.05) is 12.1 Å². The van der Waals surface area contributed by atoms with Gasteiger partial charge < -0.3 is 10.5 Å². The number of hydrogen-bond acceptors (Lipinski definition) is 3. The molecule has 1 aromatic rings. The standard InChI is InChI=1S/C17H17F3N2O3/c1-2-14(23)22(16(15(21)24)6-8-25-9-7-16)13-5-3-4-12(10-13)11-17(18,19)20/h1,3-5,10H,6-9,11H2,(H2,21,24). The van der Waals surface area contributed by atoms with Crippen LogP contribution in [0.15, 0.2) is 24.3 Å². The number of hydrogen-bond donors (Lipinski definition) is 1. The number of benzene rings is 1. The van der Waals surface area contributed by atoms with Gasteiger partial charge in [-0.25, -0.2) is 0 Å². The molecule has 8 heteroatoms. The van der Waals surface area contributed by atoms with Gasteiger partial charge in [0.15, 0.2) is 0 Å². The second kappa shape index (κ2) is 7.15. The number of anilines is 1. The second-order valence-electron chi connectivity index (χ2n) is 5.75. The van der Waals surface area contributed by atoms with Gasteiger partial charge in [-0.05, 0) is 23.6 Å². The summed E-state index contributed by atoms with van der Waals surface area (Å²) in [6, 6.07) is 5.29. The van der Waals surface area contributed by atoms with Crippen LogP contribution in [-0.2, 0) is 20.7 Å². The minimum Gasteiger partial charge on any atom is -0.381 e. The van der Waals surface area contributed by atoms with Gasteiger partial charge >= 0.3 is 12.1 Å². The third-order valence-corrected chi connectivity index (χ3v) is 4.11. The van der Waals surface area contributed by atoms with E-state index in [4.69, 9.17) is 16.9 Å². The Morgan fingerprint density at radius 2 is 1.96 bits per heavy atom. The number of amides is 2. The summed E-state index contributed by atoms with van der Waals surface area (Å²) in [4.78, 5) is 25.5. The van der Waals surface area contributed by atoms with Crippen LogP contribution in [0.1, 0.15) is 18.4 Å². The van der Waals surface area contributed by atoms with Crippen LogP contribution in [0, 0.1) is 12.3 Å². The molecule has 0 aromatic heterocycles. The van der Waals surface area contributed by atoms with Gasteiger partial charge in [0.1, 0.15) is 5.54 Å². The lowest BCUT2D eigenvalue weighted by molar-refractivity contribution is -0.130. The average Bonchev–Trinajstić information content (AvgIpc) is 2.54. The smallest absolute Gasteiger partial charge is 0.381 e. The first-order chi connectivity index (χ1) is 11.7. The van der Waals surface area contributed by atoms with Crippen molar-refractivity contribution in [1.82, 2.24) is 0 Å². The van der Waals surface area contributed by atoms with Crippen molar-refractivity contribution in [1.29, 1.82) is 0 Å². The summed E-state index contributed by atoms with van der Waals surface area (Å²) in [7, 11) is 0. The van der Waals surface area contributed by atoms with Crippen LogP contribution < -0.4 is 10.6 Å². The van der Waals surface area contributed by atoms with Crippen molar-refractivity contribution in [2.24, 2.45) is 5.73 Å².